The Morgan fingerprint density at radius 3 is 1.75 bits per heavy atom. The van der Waals surface area contributed by atoms with Gasteiger partial charge in [-0.1, -0.05) is 13.8 Å². The zero-order valence-electron chi connectivity index (χ0n) is 8.08. The maximum Gasteiger partial charge on any atom is 0 e. The van der Waals surface area contributed by atoms with Gasteiger partial charge in [0, 0.05) is 21.1 Å². The van der Waals surface area contributed by atoms with Crippen LogP contribution in [0.3, 0.4) is 0 Å². The van der Waals surface area contributed by atoms with Crippen molar-refractivity contribution in [1.29, 1.82) is 0 Å². The largest absolute Gasteiger partial charge is 0.344 e. The minimum absolute atomic E-state index is 0. The van der Waals surface area contributed by atoms with Gasteiger partial charge in [0.15, 0.2) is 0 Å². The fourth-order valence-electron chi connectivity index (χ4n) is 0.340. The molecule has 12 heavy (non-hydrogen) atoms. The summed E-state index contributed by atoms with van der Waals surface area (Å²) in [7, 11) is 0. The van der Waals surface area contributed by atoms with Crippen LogP contribution in [0.15, 0.2) is 18.2 Å². The topological polar surface area (TPSA) is 0 Å². The van der Waals surface area contributed by atoms with Crippen LogP contribution < -0.4 is 0 Å². The summed E-state index contributed by atoms with van der Waals surface area (Å²) in [5.74, 6) is 0. The van der Waals surface area contributed by atoms with Gasteiger partial charge in [-0.3, -0.25) is 6.08 Å². The summed E-state index contributed by atoms with van der Waals surface area (Å²) in [6.07, 6.45) is 12.0. The summed E-state index contributed by atoms with van der Waals surface area (Å²) in [5, 5.41) is 0. The standard InChI is InChI=1S/C5H5.2C3H7.Pt/c1-2-4-5-3-1;2*1-3-2;/h1-3H,4H2;2*1,3H2,2H3;/q3*-1;. The van der Waals surface area contributed by atoms with Crippen molar-refractivity contribution in [3.63, 3.8) is 0 Å². The molecule has 1 aliphatic carbocycles. The summed E-state index contributed by atoms with van der Waals surface area (Å²) in [6, 6.07) is 0. The van der Waals surface area contributed by atoms with Crippen molar-refractivity contribution in [1.82, 2.24) is 0 Å². The van der Waals surface area contributed by atoms with E-state index in [2.05, 4.69) is 26.0 Å². The van der Waals surface area contributed by atoms with Gasteiger partial charge >= 0.3 is 0 Å². The molecule has 0 spiro atoms. The number of hydrogen-bond acceptors (Lipinski definition) is 0. The van der Waals surface area contributed by atoms with Crippen molar-refractivity contribution in [2.24, 2.45) is 0 Å². The zero-order valence-corrected chi connectivity index (χ0v) is 10.4. The molecular weight excluding hydrogens is 327 g/mol. The molecule has 0 aliphatic heterocycles. The molecule has 0 saturated carbocycles. The van der Waals surface area contributed by atoms with Gasteiger partial charge in [-0.15, -0.1) is 6.42 Å². The average Bonchev–Trinajstić information content (AvgIpc) is 2.44. The Bertz CT molecular complexity index is 81.2. The molecule has 0 atom stereocenters. The summed E-state index contributed by atoms with van der Waals surface area (Å²) in [6.45, 7) is 11.0. The van der Waals surface area contributed by atoms with Crippen LogP contribution >= 0.6 is 0 Å². The van der Waals surface area contributed by atoms with Crippen LogP contribution in [0.25, 0.3) is 0 Å². The van der Waals surface area contributed by atoms with Crippen LogP contribution in [-0.2, 0) is 21.1 Å². The molecule has 0 radical (unpaired) electrons. The third kappa shape index (κ3) is 32.0. The quantitative estimate of drug-likeness (QED) is 0.586. The van der Waals surface area contributed by atoms with E-state index < -0.39 is 0 Å². The first-order chi connectivity index (χ1) is 5.33. The van der Waals surface area contributed by atoms with E-state index in [1.165, 1.54) is 0 Å². The van der Waals surface area contributed by atoms with Crippen molar-refractivity contribution in [3.8, 4) is 0 Å². The predicted molar refractivity (Wildman–Crippen MR) is 52.9 cm³/mol. The van der Waals surface area contributed by atoms with Crippen molar-refractivity contribution in [2.45, 2.75) is 33.1 Å². The van der Waals surface area contributed by atoms with E-state index in [1.54, 1.807) is 0 Å². The molecule has 0 unspecified atom stereocenters. The maximum atomic E-state index is 3.49. The number of hydrogen-bond donors (Lipinski definition) is 0. The SMILES string of the molecule is [C-]1=CC=CC1.[CH2-]CC.[CH2-]CC.[Pt]. The Morgan fingerprint density at radius 1 is 1.25 bits per heavy atom. The summed E-state index contributed by atoms with van der Waals surface area (Å²) >= 11 is 0. The van der Waals surface area contributed by atoms with Gasteiger partial charge in [0.1, 0.15) is 0 Å². The molecule has 1 heteroatoms. The number of allylic oxidation sites excluding steroid dienone is 4. The van der Waals surface area contributed by atoms with Crippen LogP contribution in [0.2, 0.25) is 0 Å². The van der Waals surface area contributed by atoms with Gasteiger partial charge in [-0.2, -0.15) is 18.9 Å². The monoisotopic (exact) mass is 346 g/mol. The van der Waals surface area contributed by atoms with Crippen molar-refractivity contribution in [3.05, 3.63) is 38.2 Å². The van der Waals surface area contributed by atoms with E-state index in [4.69, 9.17) is 0 Å². The Labute approximate surface area is 92.4 Å². The van der Waals surface area contributed by atoms with E-state index in [1.807, 2.05) is 26.0 Å². The van der Waals surface area contributed by atoms with Gasteiger partial charge in [0.25, 0.3) is 0 Å². The molecule has 0 N–H and O–H groups in total. The predicted octanol–water partition coefficient (Wildman–Crippen LogP) is 3.76. The minimum atomic E-state index is 0. The molecule has 0 aromatic heterocycles. The third-order valence-corrected chi connectivity index (χ3v) is 0.586. The van der Waals surface area contributed by atoms with Crippen LogP contribution in [0.5, 0.6) is 0 Å². The molecule has 0 fully saturated rings. The second-order valence-corrected chi connectivity index (χ2v) is 2.00. The van der Waals surface area contributed by atoms with Gasteiger partial charge < -0.3 is 13.8 Å². The molecule has 0 aromatic rings. The van der Waals surface area contributed by atoms with Crippen molar-refractivity contribution >= 4 is 0 Å². The summed E-state index contributed by atoms with van der Waals surface area (Å²) in [4.78, 5) is 0. The van der Waals surface area contributed by atoms with E-state index in [0.29, 0.717) is 0 Å². The molecule has 1 aliphatic rings. The molecule has 76 valence electrons. The molecule has 0 nitrogen and oxygen atoms in total. The summed E-state index contributed by atoms with van der Waals surface area (Å²) in [5.41, 5.74) is 0. The third-order valence-electron chi connectivity index (χ3n) is 0.586. The first-order valence-corrected chi connectivity index (χ1v) is 4.13. The second kappa shape index (κ2) is 22.5. The average molecular weight is 346 g/mol. The first-order valence-electron chi connectivity index (χ1n) is 4.13. The molecule has 1 rings (SSSR count). The maximum absolute atomic E-state index is 3.49. The Balaban J connectivity index is -0.000000104. The Hall–Kier alpha value is 0.168. The zero-order chi connectivity index (χ0) is 8.95. The van der Waals surface area contributed by atoms with Crippen LogP contribution in [-0.4, -0.2) is 0 Å². The van der Waals surface area contributed by atoms with Crippen LogP contribution in [0, 0.1) is 19.9 Å². The summed E-state index contributed by atoms with van der Waals surface area (Å²) < 4.78 is 0. The fourth-order valence-corrected chi connectivity index (χ4v) is 0.340. The molecule has 0 amide bonds. The smallest absolute Gasteiger partial charge is 0 e. The van der Waals surface area contributed by atoms with E-state index in [-0.39, 0.29) is 21.1 Å². The molecule has 0 aromatic carbocycles. The Kier molecular flexibility index (Phi) is 33.8. The minimum Gasteiger partial charge on any atom is -0.344 e. The second-order valence-electron chi connectivity index (χ2n) is 2.00. The van der Waals surface area contributed by atoms with Gasteiger partial charge in [-0.05, 0) is 0 Å². The number of rotatable bonds is 0. The first kappa shape index (κ1) is 18.1. The van der Waals surface area contributed by atoms with Crippen LogP contribution in [0.4, 0.5) is 0 Å². The van der Waals surface area contributed by atoms with Crippen molar-refractivity contribution < 1.29 is 21.1 Å². The molecular formula is C11H19Pt-3. The van der Waals surface area contributed by atoms with Gasteiger partial charge in [-0.25, -0.2) is 12.2 Å². The van der Waals surface area contributed by atoms with E-state index in [9.17, 15) is 0 Å². The molecule has 0 heterocycles. The normalized spacial score (nSPS) is 10.3. The fraction of sp³-hybridized carbons (Fsp3) is 0.455. The molecule has 0 bridgehead atoms. The molecule has 0 saturated heterocycles. The van der Waals surface area contributed by atoms with Crippen molar-refractivity contribution in [2.75, 3.05) is 0 Å². The Morgan fingerprint density at radius 2 is 1.67 bits per heavy atom. The van der Waals surface area contributed by atoms with Gasteiger partial charge in [0.05, 0.1) is 0 Å². The van der Waals surface area contributed by atoms with E-state index in [0.717, 1.165) is 19.3 Å². The van der Waals surface area contributed by atoms with E-state index >= 15 is 0 Å². The van der Waals surface area contributed by atoms with Crippen LogP contribution in [0.1, 0.15) is 33.1 Å². The van der Waals surface area contributed by atoms with Gasteiger partial charge in [0.2, 0.25) is 0 Å².